The van der Waals surface area contributed by atoms with Crippen molar-refractivity contribution in [3.05, 3.63) is 108 Å². The molecule has 176 valence electrons. The molecule has 0 radical (unpaired) electrons. The molecule has 1 aliphatic rings. The van der Waals surface area contributed by atoms with Gasteiger partial charge in [-0.3, -0.25) is 9.89 Å². The summed E-state index contributed by atoms with van der Waals surface area (Å²) in [5.41, 5.74) is 5.35. The van der Waals surface area contributed by atoms with E-state index in [9.17, 15) is 10.2 Å². The van der Waals surface area contributed by atoms with E-state index < -0.39 is 0 Å². The molecule has 4 aromatic carbocycles. The fourth-order valence-electron chi connectivity index (χ4n) is 4.89. The SMILES string of the molecule is Oc1c(/C=N/CC2CCCN2Cc2cccc(-c3ccccc3)c2O)cccc1-c1ccccc1. The zero-order valence-electron chi connectivity index (χ0n) is 19.7. The predicted molar refractivity (Wildman–Crippen MR) is 143 cm³/mol. The maximum Gasteiger partial charge on any atom is 0.132 e. The van der Waals surface area contributed by atoms with E-state index in [0.29, 0.717) is 24.9 Å². The Morgan fingerprint density at radius 3 is 2.06 bits per heavy atom. The van der Waals surface area contributed by atoms with Crippen LogP contribution in [-0.4, -0.2) is 40.5 Å². The van der Waals surface area contributed by atoms with Crippen molar-refractivity contribution in [3.63, 3.8) is 0 Å². The Balaban J connectivity index is 1.28. The molecule has 2 N–H and O–H groups in total. The van der Waals surface area contributed by atoms with Crippen molar-refractivity contribution in [1.82, 2.24) is 4.90 Å². The van der Waals surface area contributed by atoms with E-state index in [0.717, 1.165) is 52.8 Å². The summed E-state index contributed by atoms with van der Waals surface area (Å²) >= 11 is 0. The zero-order valence-corrected chi connectivity index (χ0v) is 19.7. The van der Waals surface area contributed by atoms with Crippen LogP contribution in [0, 0.1) is 0 Å². The van der Waals surface area contributed by atoms with Crippen molar-refractivity contribution >= 4 is 6.21 Å². The molecule has 1 aliphatic heterocycles. The Bertz CT molecular complexity index is 1300. The highest BCUT2D eigenvalue weighted by molar-refractivity contribution is 5.88. The van der Waals surface area contributed by atoms with Gasteiger partial charge in [-0.1, -0.05) is 91.0 Å². The van der Waals surface area contributed by atoms with Gasteiger partial charge in [-0.15, -0.1) is 0 Å². The van der Waals surface area contributed by atoms with Crippen molar-refractivity contribution in [3.8, 4) is 33.8 Å². The predicted octanol–water partition coefficient (Wildman–Crippen LogP) is 6.52. The van der Waals surface area contributed by atoms with Crippen molar-refractivity contribution in [1.29, 1.82) is 0 Å². The first-order valence-electron chi connectivity index (χ1n) is 12.2. The highest BCUT2D eigenvalue weighted by Gasteiger charge is 2.25. The first-order chi connectivity index (χ1) is 17.2. The van der Waals surface area contributed by atoms with E-state index in [1.54, 1.807) is 6.21 Å². The Morgan fingerprint density at radius 1 is 0.743 bits per heavy atom. The lowest BCUT2D eigenvalue weighted by molar-refractivity contribution is 0.247. The van der Waals surface area contributed by atoms with Gasteiger partial charge < -0.3 is 10.2 Å². The van der Waals surface area contributed by atoms with E-state index in [1.165, 1.54) is 0 Å². The number of rotatable bonds is 7. The van der Waals surface area contributed by atoms with Gasteiger partial charge in [-0.25, -0.2) is 0 Å². The minimum atomic E-state index is 0.258. The number of hydrogen-bond donors (Lipinski definition) is 2. The minimum absolute atomic E-state index is 0.258. The van der Waals surface area contributed by atoms with Crippen LogP contribution >= 0.6 is 0 Å². The largest absolute Gasteiger partial charge is 0.507 e. The summed E-state index contributed by atoms with van der Waals surface area (Å²) in [5, 5.41) is 21.8. The molecule has 0 saturated carbocycles. The maximum atomic E-state index is 11.0. The Morgan fingerprint density at radius 2 is 1.37 bits per heavy atom. The number of benzene rings is 4. The molecule has 1 atom stereocenters. The van der Waals surface area contributed by atoms with Crippen molar-refractivity contribution in [2.24, 2.45) is 4.99 Å². The lowest BCUT2D eigenvalue weighted by Gasteiger charge is -2.24. The molecule has 1 heterocycles. The summed E-state index contributed by atoms with van der Waals surface area (Å²) < 4.78 is 0. The van der Waals surface area contributed by atoms with E-state index in [-0.39, 0.29) is 5.75 Å². The fraction of sp³-hybridized carbons (Fsp3) is 0.194. The molecule has 0 aliphatic carbocycles. The number of para-hydroxylation sites is 2. The molecule has 0 bridgehead atoms. The molecule has 0 spiro atoms. The zero-order chi connectivity index (χ0) is 24.0. The second-order valence-corrected chi connectivity index (χ2v) is 9.05. The average Bonchev–Trinajstić information content (AvgIpc) is 3.34. The van der Waals surface area contributed by atoms with Gasteiger partial charge >= 0.3 is 0 Å². The van der Waals surface area contributed by atoms with E-state index >= 15 is 0 Å². The number of phenols is 2. The third-order valence-corrected chi connectivity index (χ3v) is 6.78. The van der Waals surface area contributed by atoms with Crippen LogP contribution < -0.4 is 0 Å². The number of aromatic hydroxyl groups is 2. The van der Waals surface area contributed by atoms with Gasteiger partial charge in [0, 0.05) is 41.1 Å². The normalized spacial score (nSPS) is 16.2. The van der Waals surface area contributed by atoms with Crippen molar-refractivity contribution in [2.45, 2.75) is 25.4 Å². The topological polar surface area (TPSA) is 56.1 Å². The Hall–Kier alpha value is -3.89. The van der Waals surface area contributed by atoms with Gasteiger partial charge in [-0.05, 0) is 36.6 Å². The molecule has 1 unspecified atom stereocenters. The van der Waals surface area contributed by atoms with E-state index in [4.69, 9.17) is 4.99 Å². The second-order valence-electron chi connectivity index (χ2n) is 9.05. The molecule has 1 saturated heterocycles. The van der Waals surface area contributed by atoms with Crippen LogP contribution in [0.25, 0.3) is 22.3 Å². The third kappa shape index (κ3) is 5.13. The van der Waals surface area contributed by atoms with Crippen LogP contribution in [0.2, 0.25) is 0 Å². The number of nitrogens with zero attached hydrogens (tertiary/aromatic N) is 2. The number of aliphatic imine (C=N–C) groups is 1. The Labute approximate surface area is 206 Å². The molecule has 0 aromatic heterocycles. The number of likely N-dealkylation sites (tertiary alicyclic amines) is 1. The van der Waals surface area contributed by atoms with Gasteiger partial charge in [0.15, 0.2) is 0 Å². The lowest BCUT2D eigenvalue weighted by atomic mass is 10.0. The number of hydrogen-bond acceptors (Lipinski definition) is 4. The summed E-state index contributed by atoms with van der Waals surface area (Å²) in [6.07, 6.45) is 3.98. The van der Waals surface area contributed by atoms with Crippen molar-refractivity contribution in [2.75, 3.05) is 13.1 Å². The first-order valence-corrected chi connectivity index (χ1v) is 12.2. The molecule has 4 aromatic rings. The minimum Gasteiger partial charge on any atom is -0.507 e. The lowest BCUT2D eigenvalue weighted by Crippen LogP contribution is -2.31. The second kappa shape index (κ2) is 10.6. The van der Waals surface area contributed by atoms with Crippen LogP contribution in [0.4, 0.5) is 0 Å². The third-order valence-electron chi connectivity index (χ3n) is 6.78. The van der Waals surface area contributed by atoms with E-state index in [1.807, 2.05) is 97.1 Å². The van der Waals surface area contributed by atoms with Crippen LogP contribution in [-0.2, 0) is 6.54 Å². The fourth-order valence-corrected chi connectivity index (χ4v) is 4.89. The summed E-state index contributed by atoms with van der Waals surface area (Å²) in [7, 11) is 0. The van der Waals surface area contributed by atoms with Gasteiger partial charge in [0.1, 0.15) is 11.5 Å². The highest BCUT2D eigenvalue weighted by Crippen LogP contribution is 2.34. The summed E-state index contributed by atoms with van der Waals surface area (Å²) in [6.45, 7) is 2.35. The van der Waals surface area contributed by atoms with Crippen LogP contribution in [0.3, 0.4) is 0 Å². The summed E-state index contributed by atoms with van der Waals surface area (Å²) in [4.78, 5) is 7.11. The van der Waals surface area contributed by atoms with E-state index in [2.05, 4.69) is 4.90 Å². The quantitative estimate of drug-likeness (QED) is 0.308. The molecule has 4 nitrogen and oxygen atoms in total. The van der Waals surface area contributed by atoms with Crippen LogP contribution in [0.5, 0.6) is 11.5 Å². The van der Waals surface area contributed by atoms with Gasteiger partial charge in [-0.2, -0.15) is 0 Å². The molecule has 1 fully saturated rings. The molecule has 4 heteroatoms. The van der Waals surface area contributed by atoms with Crippen LogP contribution in [0.15, 0.2) is 102 Å². The maximum absolute atomic E-state index is 11.0. The van der Waals surface area contributed by atoms with Gasteiger partial charge in [0.25, 0.3) is 0 Å². The summed E-state index contributed by atoms with van der Waals surface area (Å²) in [5.74, 6) is 0.615. The molecule has 0 amide bonds. The van der Waals surface area contributed by atoms with Gasteiger partial charge in [0.2, 0.25) is 0 Å². The van der Waals surface area contributed by atoms with Gasteiger partial charge in [0.05, 0.1) is 6.54 Å². The van der Waals surface area contributed by atoms with Crippen molar-refractivity contribution < 1.29 is 10.2 Å². The molecular formula is C31H30N2O2. The highest BCUT2D eigenvalue weighted by atomic mass is 16.3. The number of phenolic OH excluding ortho intramolecular Hbond substituents is 2. The summed E-state index contributed by atoms with van der Waals surface area (Å²) in [6, 6.07) is 32.0. The van der Waals surface area contributed by atoms with Crippen LogP contribution in [0.1, 0.15) is 24.0 Å². The monoisotopic (exact) mass is 462 g/mol. The Kier molecular flexibility index (Phi) is 6.92. The average molecular weight is 463 g/mol. The first kappa shape index (κ1) is 22.9. The molecule has 35 heavy (non-hydrogen) atoms. The standard InChI is InChI=1S/C31H30N2O2/c34-30-25(14-7-17-28(30)23-10-3-1-4-11-23)20-32-21-27-16-9-19-33(27)22-26-15-8-18-29(31(26)35)24-12-5-2-6-13-24/h1-8,10-15,17-18,20,27,34-35H,9,16,19,21-22H2/b32-20+. The smallest absolute Gasteiger partial charge is 0.132 e. The molecule has 5 rings (SSSR count). The molecular weight excluding hydrogens is 432 g/mol.